The summed E-state index contributed by atoms with van der Waals surface area (Å²) in [6.07, 6.45) is 0.941. The molecule has 1 aromatic carbocycles. The van der Waals surface area contributed by atoms with E-state index in [1.54, 1.807) is 4.57 Å². The summed E-state index contributed by atoms with van der Waals surface area (Å²) in [4.78, 5) is 11.9. The average molecular weight is 260 g/mol. The molecule has 0 aliphatic carbocycles. The van der Waals surface area contributed by atoms with Crippen molar-refractivity contribution in [1.29, 1.82) is 0 Å². The van der Waals surface area contributed by atoms with Crippen LogP contribution in [0, 0.1) is 12.8 Å². The standard InChI is InChI=1S/C14H20N4O/c1-4-10(3)12(15)13-16-17-14(19)18(13)11-7-5-9(2)6-8-11/h5-8,10,12H,4,15H2,1-3H3,(H,17,19)/t10-,12-/m0/s1. The van der Waals surface area contributed by atoms with Crippen molar-refractivity contribution in [2.24, 2.45) is 11.7 Å². The number of rotatable bonds is 4. The molecule has 1 aromatic heterocycles. The van der Waals surface area contributed by atoms with E-state index < -0.39 is 0 Å². The maximum absolute atomic E-state index is 11.9. The Bertz CT molecular complexity index is 597. The molecule has 0 fully saturated rings. The summed E-state index contributed by atoms with van der Waals surface area (Å²) in [6.45, 7) is 6.14. The van der Waals surface area contributed by atoms with Crippen molar-refractivity contribution < 1.29 is 0 Å². The predicted octanol–water partition coefficient (Wildman–Crippen LogP) is 1.91. The summed E-state index contributed by atoms with van der Waals surface area (Å²) >= 11 is 0. The Hall–Kier alpha value is -1.88. The summed E-state index contributed by atoms with van der Waals surface area (Å²) in [6, 6.07) is 7.48. The van der Waals surface area contributed by atoms with Gasteiger partial charge in [-0.2, -0.15) is 5.10 Å². The number of nitrogens with one attached hydrogen (secondary N) is 1. The van der Waals surface area contributed by atoms with Crippen LogP contribution in [0.25, 0.3) is 5.69 Å². The lowest BCUT2D eigenvalue weighted by atomic mass is 9.99. The van der Waals surface area contributed by atoms with E-state index in [-0.39, 0.29) is 17.6 Å². The molecule has 2 rings (SSSR count). The van der Waals surface area contributed by atoms with Crippen molar-refractivity contribution in [3.63, 3.8) is 0 Å². The lowest BCUT2D eigenvalue weighted by Gasteiger charge is -2.18. The quantitative estimate of drug-likeness (QED) is 0.881. The SMILES string of the molecule is CC[C@H](C)[C@H](N)c1n[nH]c(=O)n1-c1ccc(C)cc1. The highest BCUT2D eigenvalue weighted by atomic mass is 16.1. The van der Waals surface area contributed by atoms with Gasteiger partial charge in [0.1, 0.15) is 0 Å². The number of nitrogens with two attached hydrogens (primary N) is 1. The highest BCUT2D eigenvalue weighted by molar-refractivity contribution is 5.35. The topological polar surface area (TPSA) is 76.7 Å². The van der Waals surface area contributed by atoms with E-state index in [4.69, 9.17) is 5.73 Å². The molecule has 102 valence electrons. The lowest BCUT2D eigenvalue weighted by molar-refractivity contribution is 0.433. The van der Waals surface area contributed by atoms with E-state index in [9.17, 15) is 4.79 Å². The third-order valence-electron chi connectivity index (χ3n) is 3.55. The van der Waals surface area contributed by atoms with Crippen LogP contribution in [0.4, 0.5) is 0 Å². The predicted molar refractivity (Wildman–Crippen MR) is 75.3 cm³/mol. The van der Waals surface area contributed by atoms with Gasteiger partial charge in [0.05, 0.1) is 11.7 Å². The maximum Gasteiger partial charge on any atom is 0.347 e. The number of nitrogens with zero attached hydrogens (tertiary/aromatic N) is 2. The Balaban J connectivity index is 2.49. The van der Waals surface area contributed by atoms with Crippen LogP contribution < -0.4 is 11.4 Å². The zero-order valence-corrected chi connectivity index (χ0v) is 11.6. The fraction of sp³-hybridized carbons (Fsp3) is 0.429. The van der Waals surface area contributed by atoms with Crippen molar-refractivity contribution in [2.45, 2.75) is 33.2 Å². The summed E-state index contributed by atoms with van der Waals surface area (Å²) in [5.74, 6) is 0.850. The van der Waals surface area contributed by atoms with Crippen LogP contribution in [0.15, 0.2) is 29.1 Å². The number of aromatic nitrogens is 3. The zero-order valence-electron chi connectivity index (χ0n) is 11.6. The fourth-order valence-corrected chi connectivity index (χ4v) is 1.98. The number of benzene rings is 1. The van der Waals surface area contributed by atoms with Gasteiger partial charge in [-0.25, -0.2) is 14.5 Å². The van der Waals surface area contributed by atoms with Crippen LogP contribution in [0.2, 0.25) is 0 Å². The molecule has 2 aromatic rings. The minimum atomic E-state index is -0.259. The van der Waals surface area contributed by atoms with Gasteiger partial charge in [0.25, 0.3) is 0 Å². The first kappa shape index (κ1) is 13.5. The first-order valence-electron chi connectivity index (χ1n) is 6.54. The van der Waals surface area contributed by atoms with Crippen LogP contribution >= 0.6 is 0 Å². The third kappa shape index (κ3) is 2.61. The van der Waals surface area contributed by atoms with E-state index in [0.29, 0.717) is 5.82 Å². The second-order valence-electron chi connectivity index (χ2n) is 4.97. The number of H-pyrrole nitrogens is 1. The van der Waals surface area contributed by atoms with Gasteiger partial charge in [-0.15, -0.1) is 0 Å². The number of hydrogen-bond acceptors (Lipinski definition) is 3. The van der Waals surface area contributed by atoms with Crippen LogP contribution in [-0.4, -0.2) is 14.8 Å². The number of aromatic amines is 1. The fourth-order valence-electron chi connectivity index (χ4n) is 1.98. The van der Waals surface area contributed by atoms with E-state index in [2.05, 4.69) is 24.0 Å². The van der Waals surface area contributed by atoms with Crippen LogP contribution in [0.3, 0.4) is 0 Å². The molecule has 0 aliphatic rings. The maximum atomic E-state index is 11.9. The Morgan fingerprint density at radius 2 is 2.00 bits per heavy atom. The zero-order chi connectivity index (χ0) is 14.0. The van der Waals surface area contributed by atoms with Gasteiger partial charge in [0.15, 0.2) is 5.82 Å². The molecule has 5 heteroatoms. The monoisotopic (exact) mass is 260 g/mol. The smallest absolute Gasteiger partial charge is 0.321 e. The summed E-state index contributed by atoms with van der Waals surface area (Å²) in [7, 11) is 0. The van der Waals surface area contributed by atoms with Crippen molar-refractivity contribution in [1.82, 2.24) is 14.8 Å². The van der Waals surface area contributed by atoms with Gasteiger partial charge in [-0.1, -0.05) is 38.0 Å². The molecule has 5 nitrogen and oxygen atoms in total. The van der Waals surface area contributed by atoms with E-state index in [0.717, 1.165) is 17.7 Å². The number of hydrogen-bond donors (Lipinski definition) is 2. The normalized spacial score (nSPS) is 14.3. The molecule has 0 aliphatic heterocycles. The Kier molecular flexibility index (Phi) is 3.85. The summed E-state index contributed by atoms with van der Waals surface area (Å²) in [5.41, 5.74) is 7.87. The largest absolute Gasteiger partial charge is 0.347 e. The molecule has 0 bridgehead atoms. The third-order valence-corrected chi connectivity index (χ3v) is 3.55. The highest BCUT2D eigenvalue weighted by Crippen LogP contribution is 2.21. The summed E-state index contributed by atoms with van der Waals surface area (Å²) < 4.78 is 1.55. The van der Waals surface area contributed by atoms with Crippen molar-refractivity contribution in [3.05, 3.63) is 46.1 Å². The van der Waals surface area contributed by atoms with E-state index in [1.807, 2.05) is 31.2 Å². The first-order chi connectivity index (χ1) is 9.04. The minimum Gasteiger partial charge on any atom is -0.321 e. The van der Waals surface area contributed by atoms with Crippen LogP contribution in [-0.2, 0) is 0 Å². The summed E-state index contributed by atoms with van der Waals surface area (Å²) in [5, 5.41) is 6.57. The highest BCUT2D eigenvalue weighted by Gasteiger charge is 2.21. The molecule has 0 amide bonds. The van der Waals surface area contributed by atoms with E-state index in [1.165, 1.54) is 0 Å². The van der Waals surface area contributed by atoms with E-state index >= 15 is 0 Å². The molecular weight excluding hydrogens is 240 g/mol. The molecule has 0 spiro atoms. The molecule has 3 N–H and O–H groups in total. The van der Waals surface area contributed by atoms with Crippen LogP contribution in [0.5, 0.6) is 0 Å². The Labute approximate surface area is 112 Å². The van der Waals surface area contributed by atoms with Gasteiger partial charge in [0, 0.05) is 0 Å². The van der Waals surface area contributed by atoms with Gasteiger partial charge in [-0.3, -0.25) is 0 Å². The molecule has 0 radical (unpaired) electrons. The second kappa shape index (κ2) is 5.40. The second-order valence-corrected chi connectivity index (χ2v) is 4.97. The van der Waals surface area contributed by atoms with Crippen molar-refractivity contribution in [2.75, 3.05) is 0 Å². The Morgan fingerprint density at radius 3 is 2.58 bits per heavy atom. The van der Waals surface area contributed by atoms with Crippen LogP contribution in [0.1, 0.15) is 37.7 Å². The van der Waals surface area contributed by atoms with Crippen molar-refractivity contribution >= 4 is 0 Å². The number of aryl methyl sites for hydroxylation is 1. The molecule has 0 saturated carbocycles. The Morgan fingerprint density at radius 1 is 1.37 bits per heavy atom. The molecule has 1 heterocycles. The lowest BCUT2D eigenvalue weighted by Crippen LogP contribution is -2.25. The molecular formula is C14H20N4O. The minimum absolute atomic E-state index is 0.252. The molecule has 2 atom stereocenters. The van der Waals surface area contributed by atoms with Gasteiger partial charge in [0.2, 0.25) is 0 Å². The van der Waals surface area contributed by atoms with Gasteiger partial charge < -0.3 is 5.73 Å². The molecule has 19 heavy (non-hydrogen) atoms. The van der Waals surface area contributed by atoms with Gasteiger partial charge >= 0.3 is 5.69 Å². The van der Waals surface area contributed by atoms with Gasteiger partial charge in [-0.05, 0) is 25.0 Å². The average Bonchev–Trinajstić information content (AvgIpc) is 2.80. The molecule has 0 unspecified atom stereocenters. The molecule has 0 saturated heterocycles. The van der Waals surface area contributed by atoms with Crippen molar-refractivity contribution in [3.8, 4) is 5.69 Å². The first-order valence-corrected chi connectivity index (χ1v) is 6.54.